The van der Waals surface area contributed by atoms with Crippen molar-refractivity contribution < 1.29 is 14.7 Å². The van der Waals surface area contributed by atoms with Gasteiger partial charge in [-0.2, -0.15) is 0 Å². The van der Waals surface area contributed by atoms with Crippen LogP contribution in [0.2, 0.25) is 5.02 Å². The van der Waals surface area contributed by atoms with Crippen molar-refractivity contribution in [1.82, 2.24) is 10.4 Å². The second-order valence-corrected chi connectivity index (χ2v) is 15.4. The summed E-state index contributed by atoms with van der Waals surface area (Å²) in [4.78, 5) is 25.5. The molecule has 4 saturated carbocycles. The fourth-order valence-corrected chi connectivity index (χ4v) is 11.0. The number of fused-ring (bicyclic) bond motifs is 5. The van der Waals surface area contributed by atoms with Crippen LogP contribution < -0.4 is 5.43 Å². The lowest BCUT2D eigenvalue weighted by Gasteiger charge is -2.61. The number of carbonyl (C=O) groups is 2. The summed E-state index contributed by atoms with van der Waals surface area (Å²) < 4.78 is 0. The summed E-state index contributed by atoms with van der Waals surface area (Å²) in [6.45, 7) is 7.47. The standard InChI is InChI=1S/C33H46Cl2N2O3/c1-19(4-13-28(39)36-37-30(29(35)31(37)40)20-5-8-22(34)9-6-20)25-11-12-26-24-10-7-21-18-23(38)14-16-32(21,2)27(24)15-17-33(25,26)3/h5-6,8-9,19,21,23-27,29-30,38H,4,7,10-18H2,1-3H3,(H,36,39)/t19-,21-,23-,24+,25-,26+,27+,29-,30-,32+,33-/m1/s1. The van der Waals surface area contributed by atoms with Crippen molar-refractivity contribution >= 4 is 35.0 Å². The molecule has 5 nitrogen and oxygen atoms in total. The highest BCUT2D eigenvalue weighted by atomic mass is 35.5. The molecule has 2 amide bonds. The van der Waals surface area contributed by atoms with Crippen molar-refractivity contribution in [3.8, 4) is 0 Å². The van der Waals surface area contributed by atoms with Gasteiger partial charge in [0, 0.05) is 11.4 Å². The van der Waals surface area contributed by atoms with E-state index in [9.17, 15) is 14.7 Å². The number of aliphatic hydroxyl groups is 1. The van der Waals surface area contributed by atoms with Gasteiger partial charge >= 0.3 is 0 Å². The van der Waals surface area contributed by atoms with E-state index in [1.54, 1.807) is 12.1 Å². The number of halogens is 2. The number of hydrogen-bond donors (Lipinski definition) is 2. The second kappa shape index (κ2) is 10.8. The molecule has 7 heteroatoms. The van der Waals surface area contributed by atoms with Gasteiger partial charge in [-0.3, -0.25) is 15.0 Å². The smallest absolute Gasteiger partial charge is 0.262 e. The molecule has 0 bridgehead atoms. The molecule has 1 heterocycles. The molecule has 0 unspecified atom stereocenters. The summed E-state index contributed by atoms with van der Waals surface area (Å²) in [7, 11) is 0. The lowest BCUT2D eigenvalue weighted by atomic mass is 9.44. The highest BCUT2D eigenvalue weighted by Gasteiger charge is 2.60. The van der Waals surface area contributed by atoms with Crippen molar-refractivity contribution in [2.24, 2.45) is 46.3 Å². The molecule has 1 aromatic rings. The van der Waals surface area contributed by atoms with Gasteiger partial charge in [-0.15, -0.1) is 11.6 Å². The molecular formula is C33H46Cl2N2O3. The van der Waals surface area contributed by atoms with Crippen LogP contribution in [0.15, 0.2) is 24.3 Å². The topological polar surface area (TPSA) is 69.6 Å². The quantitative estimate of drug-likeness (QED) is 0.270. The van der Waals surface area contributed by atoms with E-state index >= 15 is 0 Å². The first-order chi connectivity index (χ1) is 19.0. The molecule has 1 saturated heterocycles. The van der Waals surface area contributed by atoms with Crippen LogP contribution in [0.5, 0.6) is 0 Å². The Balaban J connectivity index is 1.06. The van der Waals surface area contributed by atoms with E-state index < -0.39 is 5.38 Å². The number of hydrogen-bond acceptors (Lipinski definition) is 3. The number of alkyl halides is 1. The maximum absolute atomic E-state index is 13.0. The average Bonchev–Trinajstić information content (AvgIpc) is 3.30. The number of hydrazine groups is 1. The Hall–Kier alpha value is -1.30. The minimum Gasteiger partial charge on any atom is -0.393 e. The lowest BCUT2D eigenvalue weighted by molar-refractivity contribution is -0.156. The van der Waals surface area contributed by atoms with Gasteiger partial charge in [0.1, 0.15) is 11.4 Å². The van der Waals surface area contributed by atoms with Crippen molar-refractivity contribution in [2.75, 3.05) is 0 Å². The van der Waals surface area contributed by atoms with E-state index in [0.29, 0.717) is 40.0 Å². The molecule has 0 spiro atoms. The van der Waals surface area contributed by atoms with Crippen LogP contribution in [0.25, 0.3) is 0 Å². The van der Waals surface area contributed by atoms with Crippen LogP contribution >= 0.6 is 23.2 Å². The first-order valence-electron chi connectivity index (χ1n) is 15.7. The van der Waals surface area contributed by atoms with Crippen LogP contribution in [0, 0.1) is 46.3 Å². The van der Waals surface area contributed by atoms with E-state index in [4.69, 9.17) is 23.2 Å². The average molecular weight is 590 g/mol. The fraction of sp³-hybridized carbons (Fsp3) is 0.758. The summed E-state index contributed by atoms with van der Waals surface area (Å²) in [6.07, 6.45) is 12.2. The van der Waals surface area contributed by atoms with Gasteiger partial charge in [-0.25, -0.2) is 5.01 Å². The molecule has 4 aliphatic carbocycles. The van der Waals surface area contributed by atoms with E-state index in [0.717, 1.165) is 42.6 Å². The molecule has 0 aromatic heterocycles. The Morgan fingerprint density at radius 1 is 1.05 bits per heavy atom. The van der Waals surface area contributed by atoms with Gasteiger partial charge in [0.25, 0.3) is 5.91 Å². The Morgan fingerprint density at radius 3 is 2.50 bits per heavy atom. The summed E-state index contributed by atoms with van der Waals surface area (Å²) in [6, 6.07) is 6.89. The molecular weight excluding hydrogens is 543 g/mol. The predicted molar refractivity (Wildman–Crippen MR) is 158 cm³/mol. The predicted octanol–water partition coefficient (Wildman–Crippen LogP) is 7.30. The maximum Gasteiger partial charge on any atom is 0.262 e. The van der Waals surface area contributed by atoms with Gasteiger partial charge in [0.05, 0.1) is 6.10 Å². The zero-order valence-electron chi connectivity index (χ0n) is 24.3. The SMILES string of the molecule is C[C@H](CCC(=O)NN1C(=O)[C@H](Cl)[C@H]1c1ccc(Cl)cc1)[C@H]1CC[C@H]2[C@@H]3CC[C@@H]4C[C@H](O)CC[C@]4(C)[C@H]3CC[C@]12C. The zero-order valence-corrected chi connectivity index (χ0v) is 25.8. The zero-order chi connectivity index (χ0) is 28.4. The first-order valence-corrected chi connectivity index (χ1v) is 16.5. The molecule has 11 atom stereocenters. The summed E-state index contributed by atoms with van der Waals surface area (Å²) in [5, 5.41) is 11.7. The number of benzene rings is 1. The number of nitrogens with one attached hydrogen (secondary N) is 1. The van der Waals surface area contributed by atoms with E-state index in [2.05, 4.69) is 26.2 Å². The van der Waals surface area contributed by atoms with Crippen LogP contribution in [0.3, 0.4) is 0 Å². The number of aliphatic hydroxyl groups excluding tert-OH is 1. The van der Waals surface area contributed by atoms with E-state index in [1.165, 1.54) is 50.0 Å². The van der Waals surface area contributed by atoms with E-state index in [-0.39, 0.29) is 24.0 Å². The van der Waals surface area contributed by atoms with Crippen LogP contribution in [0.1, 0.15) is 103 Å². The fourth-order valence-electron chi connectivity index (χ4n) is 10.5. The van der Waals surface area contributed by atoms with Crippen LogP contribution in [0.4, 0.5) is 0 Å². The van der Waals surface area contributed by atoms with E-state index in [1.807, 2.05) is 12.1 Å². The van der Waals surface area contributed by atoms with Gasteiger partial charge in [0.15, 0.2) is 0 Å². The van der Waals surface area contributed by atoms with Crippen LogP contribution in [-0.2, 0) is 9.59 Å². The number of carbonyl (C=O) groups excluding carboxylic acids is 2. The summed E-state index contributed by atoms with van der Waals surface area (Å²) in [5.74, 6) is 3.85. The second-order valence-electron chi connectivity index (χ2n) is 14.5. The molecule has 0 radical (unpaired) electrons. The monoisotopic (exact) mass is 588 g/mol. The van der Waals surface area contributed by atoms with Crippen molar-refractivity contribution in [3.05, 3.63) is 34.9 Å². The number of β-lactam (4-membered cyclic amide) rings is 1. The molecule has 1 aromatic carbocycles. The summed E-state index contributed by atoms with van der Waals surface area (Å²) >= 11 is 12.3. The Morgan fingerprint density at radius 2 is 1.75 bits per heavy atom. The molecule has 5 aliphatic rings. The normalized spacial score (nSPS) is 43.2. The third kappa shape index (κ3) is 4.71. The lowest BCUT2D eigenvalue weighted by Crippen LogP contribution is -2.63. The van der Waals surface area contributed by atoms with Crippen molar-refractivity contribution in [3.63, 3.8) is 0 Å². The number of amides is 2. The maximum atomic E-state index is 13.0. The van der Waals surface area contributed by atoms with Gasteiger partial charge in [0.2, 0.25) is 5.91 Å². The molecule has 6 rings (SSSR count). The number of nitrogens with zero attached hydrogens (tertiary/aromatic N) is 1. The third-order valence-electron chi connectivity index (χ3n) is 12.7. The van der Waals surface area contributed by atoms with Crippen molar-refractivity contribution in [1.29, 1.82) is 0 Å². The summed E-state index contributed by atoms with van der Waals surface area (Å²) in [5.41, 5.74) is 4.48. The minimum absolute atomic E-state index is 0.0868. The first kappa shape index (κ1) is 28.8. The molecule has 40 heavy (non-hydrogen) atoms. The molecule has 2 N–H and O–H groups in total. The van der Waals surface area contributed by atoms with Gasteiger partial charge < -0.3 is 5.11 Å². The highest BCUT2D eigenvalue weighted by Crippen LogP contribution is 2.68. The van der Waals surface area contributed by atoms with Gasteiger partial charge in [-0.05, 0) is 128 Å². The Bertz CT molecular complexity index is 1130. The van der Waals surface area contributed by atoms with Crippen LogP contribution in [-0.4, -0.2) is 33.4 Å². The molecule has 1 aliphatic heterocycles. The van der Waals surface area contributed by atoms with Gasteiger partial charge in [-0.1, -0.05) is 44.5 Å². The highest BCUT2D eigenvalue weighted by molar-refractivity contribution is 6.33. The molecule has 5 fully saturated rings. The van der Waals surface area contributed by atoms with Crippen molar-refractivity contribution in [2.45, 2.75) is 109 Å². The Kier molecular flexibility index (Phi) is 7.75. The number of rotatable bonds is 6. The molecule has 220 valence electrons. The third-order valence-corrected chi connectivity index (χ3v) is 13.4. The minimum atomic E-state index is -0.679. The Labute approximate surface area is 249 Å². The largest absolute Gasteiger partial charge is 0.393 e.